The topological polar surface area (TPSA) is 21.3 Å². The third-order valence-corrected chi connectivity index (χ3v) is 9.35. The molecule has 0 atom stereocenters. The van der Waals surface area contributed by atoms with E-state index in [2.05, 4.69) is 41.7 Å². The lowest BCUT2D eigenvalue weighted by Crippen LogP contribution is -2.51. The molecule has 5 aliphatic rings. The van der Waals surface area contributed by atoms with Crippen LogP contribution in [0.3, 0.4) is 0 Å². The zero-order chi connectivity index (χ0) is 20.0. The van der Waals surface area contributed by atoms with Gasteiger partial charge in [0.25, 0.3) is 0 Å². The van der Waals surface area contributed by atoms with Crippen molar-refractivity contribution in [2.24, 2.45) is 11.3 Å². The Labute approximate surface area is 181 Å². The lowest BCUT2D eigenvalue weighted by Gasteiger charge is -2.47. The Balaban J connectivity index is 1.09. The lowest BCUT2D eigenvalue weighted by molar-refractivity contribution is 0.0234. The highest BCUT2D eigenvalue weighted by atomic mass is 16.5. The quantitative estimate of drug-likeness (QED) is 0.572. The highest BCUT2D eigenvalue weighted by Crippen LogP contribution is 2.52. The van der Waals surface area contributed by atoms with Crippen LogP contribution in [0, 0.1) is 11.3 Å². The minimum absolute atomic E-state index is 0.419. The summed E-state index contributed by atoms with van der Waals surface area (Å²) in [6.07, 6.45) is 18.5. The molecule has 2 bridgehead atoms. The van der Waals surface area contributed by atoms with Gasteiger partial charge >= 0.3 is 0 Å². The third kappa shape index (κ3) is 3.66. The van der Waals surface area contributed by atoms with Gasteiger partial charge in [0, 0.05) is 12.1 Å². The number of hydrogen-bond donors (Lipinski definition) is 1. The predicted molar refractivity (Wildman–Crippen MR) is 124 cm³/mol. The fourth-order valence-electron chi connectivity index (χ4n) is 6.95. The van der Waals surface area contributed by atoms with Crippen LogP contribution in [0.1, 0.15) is 89.0 Å². The Morgan fingerprint density at radius 2 is 1.47 bits per heavy atom. The standard InChI is InChI=1S/C28H37NO/c1-11-27(12-1)13-9-25(10-14-27)30-26-5-4-23-18-22(2-3-24(23)19-26)20-29-28-15-6-21(7-16-28)8-17-28/h2-5,18-19,21,25,29H,1,6-17,20H2. The van der Waals surface area contributed by atoms with Crippen LogP contribution in [-0.2, 0) is 6.54 Å². The van der Waals surface area contributed by atoms with Crippen LogP contribution in [0.15, 0.2) is 36.4 Å². The first-order chi connectivity index (χ1) is 14.7. The Kier molecular flexibility index (Phi) is 4.82. The van der Waals surface area contributed by atoms with Crippen LogP contribution in [0.2, 0.25) is 0 Å². The van der Waals surface area contributed by atoms with Gasteiger partial charge in [-0.15, -0.1) is 0 Å². The first-order valence-electron chi connectivity index (χ1n) is 12.6. The summed E-state index contributed by atoms with van der Waals surface area (Å²) in [5.74, 6) is 2.08. The van der Waals surface area contributed by atoms with Crippen molar-refractivity contribution in [3.8, 4) is 5.75 Å². The van der Waals surface area contributed by atoms with Crippen LogP contribution in [-0.4, -0.2) is 11.6 Å². The normalized spacial score (nSPS) is 30.5. The molecule has 2 heteroatoms. The van der Waals surface area contributed by atoms with E-state index in [-0.39, 0.29) is 0 Å². The molecule has 1 N–H and O–H groups in total. The van der Waals surface area contributed by atoms with Gasteiger partial charge in [0.1, 0.15) is 5.75 Å². The highest BCUT2D eigenvalue weighted by Gasteiger charge is 2.41. The summed E-state index contributed by atoms with van der Waals surface area (Å²) >= 11 is 0. The fourth-order valence-corrected chi connectivity index (χ4v) is 6.95. The van der Waals surface area contributed by atoms with Crippen molar-refractivity contribution in [1.29, 1.82) is 0 Å². The smallest absolute Gasteiger partial charge is 0.120 e. The molecule has 0 heterocycles. The van der Waals surface area contributed by atoms with Gasteiger partial charge in [0.05, 0.1) is 6.10 Å². The lowest BCUT2D eigenvalue weighted by atomic mass is 9.60. The zero-order valence-electron chi connectivity index (χ0n) is 18.4. The van der Waals surface area contributed by atoms with Crippen molar-refractivity contribution in [1.82, 2.24) is 5.32 Å². The summed E-state index contributed by atoms with van der Waals surface area (Å²) in [6.45, 7) is 1.00. The van der Waals surface area contributed by atoms with Gasteiger partial charge in [-0.25, -0.2) is 0 Å². The molecule has 2 nitrogen and oxygen atoms in total. The fraction of sp³-hybridized carbons (Fsp3) is 0.643. The molecule has 0 aliphatic heterocycles. The van der Waals surface area contributed by atoms with E-state index in [0.29, 0.717) is 17.1 Å². The van der Waals surface area contributed by atoms with E-state index in [1.165, 1.54) is 99.8 Å². The number of benzene rings is 2. The number of nitrogens with one attached hydrogen (secondary N) is 1. The molecule has 7 rings (SSSR count). The van der Waals surface area contributed by atoms with Gasteiger partial charge in [0.2, 0.25) is 0 Å². The Morgan fingerprint density at radius 1 is 0.767 bits per heavy atom. The van der Waals surface area contributed by atoms with Crippen LogP contribution < -0.4 is 10.1 Å². The molecule has 5 fully saturated rings. The van der Waals surface area contributed by atoms with E-state index < -0.39 is 0 Å². The first kappa shape index (κ1) is 19.2. The van der Waals surface area contributed by atoms with Crippen LogP contribution in [0.4, 0.5) is 0 Å². The molecule has 2 aromatic rings. The number of ether oxygens (including phenoxy) is 1. The van der Waals surface area contributed by atoms with E-state index in [4.69, 9.17) is 4.74 Å². The monoisotopic (exact) mass is 403 g/mol. The van der Waals surface area contributed by atoms with Crippen LogP contribution in [0.5, 0.6) is 5.75 Å². The minimum Gasteiger partial charge on any atom is -0.490 e. The van der Waals surface area contributed by atoms with Crippen molar-refractivity contribution in [2.45, 2.75) is 102 Å². The van der Waals surface area contributed by atoms with E-state index in [0.717, 1.165) is 18.2 Å². The number of rotatable bonds is 5. The molecule has 160 valence electrons. The second kappa shape index (κ2) is 7.55. The van der Waals surface area contributed by atoms with Crippen LogP contribution >= 0.6 is 0 Å². The number of hydrogen-bond acceptors (Lipinski definition) is 2. The molecular formula is C28H37NO. The molecule has 1 spiro atoms. The zero-order valence-corrected chi connectivity index (χ0v) is 18.4. The van der Waals surface area contributed by atoms with E-state index in [1.807, 2.05) is 0 Å². The van der Waals surface area contributed by atoms with Crippen molar-refractivity contribution < 1.29 is 4.74 Å². The first-order valence-corrected chi connectivity index (χ1v) is 12.6. The molecule has 30 heavy (non-hydrogen) atoms. The summed E-state index contributed by atoms with van der Waals surface area (Å²) in [6, 6.07) is 13.7. The van der Waals surface area contributed by atoms with Gasteiger partial charge in [-0.05, 0) is 123 Å². The van der Waals surface area contributed by atoms with Gasteiger partial charge in [-0.3, -0.25) is 0 Å². The summed E-state index contributed by atoms with van der Waals surface area (Å²) in [7, 11) is 0. The van der Waals surface area contributed by atoms with Gasteiger partial charge in [-0.2, -0.15) is 0 Å². The number of fused-ring (bicyclic) bond motifs is 4. The molecule has 0 radical (unpaired) electrons. The summed E-state index contributed by atoms with van der Waals surface area (Å²) < 4.78 is 6.40. The summed E-state index contributed by atoms with van der Waals surface area (Å²) in [5.41, 5.74) is 2.56. The molecule has 0 unspecified atom stereocenters. The third-order valence-electron chi connectivity index (χ3n) is 9.35. The van der Waals surface area contributed by atoms with Crippen molar-refractivity contribution >= 4 is 10.8 Å². The van der Waals surface area contributed by atoms with Gasteiger partial charge in [0.15, 0.2) is 0 Å². The average molecular weight is 404 g/mol. The maximum absolute atomic E-state index is 6.40. The average Bonchev–Trinajstić information content (AvgIpc) is 2.78. The van der Waals surface area contributed by atoms with Crippen molar-refractivity contribution in [3.63, 3.8) is 0 Å². The highest BCUT2D eigenvalue weighted by molar-refractivity contribution is 5.84. The van der Waals surface area contributed by atoms with Crippen molar-refractivity contribution in [2.75, 3.05) is 0 Å². The Hall–Kier alpha value is -1.54. The Bertz CT molecular complexity index is 882. The predicted octanol–water partition coefficient (Wildman–Crippen LogP) is 7.14. The van der Waals surface area contributed by atoms with E-state index >= 15 is 0 Å². The molecule has 5 saturated carbocycles. The maximum atomic E-state index is 6.40. The minimum atomic E-state index is 0.419. The van der Waals surface area contributed by atoms with E-state index in [1.54, 1.807) is 0 Å². The second-order valence-corrected chi connectivity index (χ2v) is 11.1. The molecule has 0 amide bonds. The van der Waals surface area contributed by atoms with Gasteiger partial charge < -0.3 is 10.1 Å². The van der Waals surface area contributed by atoms with E-state index in [9.17, 15) is 0 Å². The van der Waals surface area contributed by atoms with Gasteiger partial charge in [-0.1, -0.05) is 24.6 Å². The SMILES string of the molecule is c1cc2cc(OC3CCC4(CCC4)CC3)ccc2cc1CNC12CCC(CC1)CC2. The maximum Gasteiger partial charge on any atom is 0.120 e. The van der Waals surface area contributed by atoms with Crippen LogP contribution in [0.25, 0.3) is 10.8 Å². The molecule has 0 saturated heterocycles. The summed E-state index contributed by atoms with van der Waals surface area (Å²) in [4.78, 5) is 0. The Morgan fingerprint density at radius 3 is 2.17 bits per heavy atom. The molecule has 2 aromatic carbocycles. The molecular weight excluding hydrogens is 366 g/mol. The summed E-state index contributed by atoms with van der Waals surface area (Å²) in [5, 5.41) is 6.60. The molecule has 0 aromatic heterocycles. The largest absolute Gasteiger partial charge is 0.490 e. The van der Waals surface area contributed by atoms with Crippen molar-refractivity contribution in [3.05, 3.63) is 42.0 Å². The molecule has 5 aliphatic carbocycles. The second-order valence-electron chi connectivity index (χ2n) is 11.1.